The molecule has 56 valence electrons. The highest BCUT2D eigenvalue weighted by Crippen LogP contribution is 2.00. The maximum Gasteiger partial charge on any atom is 0.123 e. The summed E-state index contributed by atoms with van der Waals surface area (Å²) in [6.07, 6.45) is 0. The number of rotatable bonds is 1. The maximum atomic E-state index is 12.3. The van der Waals surface area contributed by atoms with Crippen molar-refractivity contribution in [2.75, 3.05) is 0 Å². The molecule has 0 heterocycles. The van der Waals surface area contributed by atoms with Gasteiger partial charge in [0.15, 0.2) is 0 Å². The highest BCUT2D eigenvalue weighted by molar-refractivity contribution is 5.14. The van der Waals surface area contributed by atoms with Gasteiger partial charge in [-0.3, -0.25) is 0 Å². The number of halogens is 2. The summed E-state index contributed by atoms with van der Waals surface area (Å²) in [5.74, 6) is -0.184. The molecule has 0 radical (unpaired) electrons. The minimum Gasteiger partial charge on any atom is -1.00 e. The van der Waals surface area contributed by atoms with Crippen molar-refractivity contribution >= 4 is 0 Å². The molecule has 1 nitrogen and oxygen atoms in total. The summed E-state index contributed by atoms with van der Waals surface area (Å²) in [4.78, 5) is 0. The Hall–Kier alpha value is -0.600. The standard InChI is InChI=1S/C7H8FN.ClH/c8-7-3-1-2-6(4-7)5-9;/h1-4H,5,9H2;1H. The van der Waals surface area contributed by atoms with Crippen LogP contribution in [-0.4, -0.2) is 0 Å². The Morgan fingerprint density at radius 1 is 1.40 bits per heavy atom. The van der Waals surface area contributed by atoms with Crippen LogP contribution >= 0.6 is 0 Å². The largest absolute Gasteiger partial charge is 1.00 e. The molecule has 0 aromatic heterocycles. The lowest BCUT2D eigenvalue weighted by atomic mass is 10.2. The van der Waals surface area contributed by atoms with Gasteiger partial charge in [-0.25, -0.2) is 4.39 Å². The van der Waals surface area contributed by atoms with Gasteiger partial charge < -0.3 is 18.1 Å². The summed E-state index contributed by atoms with van der Waals surface area (Å²) < 4.78 is 12.3. The summed E-state index contributed by atoms with van der Waals surface area (Å²) in [6, 6.07) is 6.47. The second kappa shape index (κ2) is 4.25. The molecule has 1 aromatic rings. The van der Waals surface area contributed by atoms with Crippen molar-refractivity contribution in [2.24, 2.45) is 0 Å². The molecule has 3 N–H and O–H groups in total. The first kappa shape index (κ1) is 9.40. The monoisotopic (exact) mass is 161 g/mol. The summed E-state index contributed by atoms with van der Waals surface area (Å²) in [5, 5.41) is 0. The molecule has 0 spiro atoms. The molecule has 0 amide bonds. The lowest BCUT2D eigenvalue weighted by molar-refractivity contribution is -0.386. The van der Waals surface area contributed by atoms with Crippen LogP contribution in [0.15, 0.2) is 24.3 Å². The molecule has 0 saturated heterocycles. The Labute approximate surface area is 65.5 Å². The van der Waals surface area contributed by atoms with E-state index in [1.165, 1.54) is 12.1 Å². The van der Waals surface area contributed by atoms with Gasteiger partial charge in [0.25, 0.3) is 0 Å². The van der Waals surface area contributed by atoms with Gasteiger partial charge in [-0.15, -0.1) is 0 Å². The topological polar surface area (TPSA) is 27.6 Å². The van der Waals surface area contributed by atoms with Crippen LogP contribution in [0, 0.1) is 5.82 Å². The van der Waals surface area contributed by atoms with Gasteiger partial charge in [-0.2, -0.15) is 0 Å². The molecule has 0 atom stereocenters. The van der Waals surface area contributed by atoms with Crippen LogP contribution in [0.25, 0.3) is 0 Å². The fraction of sp³-hybridized carbons (Fsp3) is 0.143. The van der Waals surface area contributed by atoms with Gasteiger partial charge in [-0.05, 0) is 12.1 Å². The molecule has 3 heteroatoms. The molecule has 0 aliphatic rings. The molecule has 0 fully saturated rings. The van der Waals surface area contributed by atoms with Crippen LogP contribution in [-0.2, 0) is 6.54 Å². The van der Waals surface area contributed by atoms with Gasteiger partial charge >= 0.3 is 0 Å². The average Bonchev–Trinajstić information content (AvgIpc) is 1.88. The first-order chi connectivity index (χ1) is 4.33. The number of hydrogen-bond donors (Lipinski definition) is 1. The van der Waals surface area contributed by atoms with E-state index in [0.717, 1.165) is 5.56 Å². The lowest BCUT2D eigenvalue weighted by Gasteiger charge is -1.90. The van der Waals surface area contributed by atoms with Crippen molar-refractivity contribution in [2.45, 2.75) is 6.54 Å². The third-order valence-corrected chi connectivity index (χ3v) is 1.18. The second-order valence-electron chi connectivity index (χ2n) is 1.88. The summed E-state index contributed by atoms with van der Waals surface area (Å²) in [5.41, 5.74) is 4.57. The minimum absolute atomic E-state index is 0. The average molecular weight is 162 g/mol. The third-order valence-electron chi connectivity index (χ3n) is 1.18. The molecule has 1 aromatic carbocycles. The summed E-state index contributed by atoms with van der Waals surface area (Å²) in [6.45, 7) is 0.651. The van der Waals surface area contributed by atoms with E-state index in [2.05, 4.69) is 5.73 Å². The zero-order valence-electron chi connectivity index (χ0n) is 5.48. The Balaban J connectivity index is 0.000000810. The van der Waals surface area contributed by atoms with Crippen LogP contribution in [0.4, 0.5) is 4.39 Å². The van der Waals surface area contributed by atoms with Crippen LogP contribution < -0.4 is 18.1 Å². The highest BCUT2D eigenvalue weighted by atomic mass is 35.5. The molecule has 10 heavy (non-hydrogen) atoms. The summed E-state index contributed by atoms with van der Waals surface area (Å²) in [7, 11) is 0. The van der Waals surface area contributed by atoms with Gasteiger partial charge in [0.1, 0.15) is 5.82 Å². The number of quaternary nitrogens is 1. The molecule has 1 rings (SSSR count). The first-order valence-corrected chi connectivity index (χ1v) is 2.86. The lowest BCUT2D eigenvalue weighted by Crippen LogP contribution is -3.00. The van der Waals surface area contributed by atoms with Gasteiger partial charge in [-0.1, -0.05) is 12.1 Å². The van der Waals surface area contributed by atoms with Crippen molar-refractivity contribution in [3.63, 3.8) is 0 Å². The predicted molar refractivity (Wildman–Crippen MR) is 33.0 cm³/mol. The molecule has 0 aliphatic heterocycles. The van der Waals surface area contributed by atoms with Crippen LogP contribution in [0.3, 0.4) is 0 Å². The van der Waals surface area contributed by atoms with Crippen molar-refractivity contribution in [1.82, 2.24) is 0 Å². The van der Waals surface area contributed by atoms with Crippen LogP contribution in [0.1, 0.15) is 5.56 Å². The molecule has 0 unspecified atom stereocenters. The van der Waals surface area contributed by atoms with E-state index < -0.39 is 0 Å². The Bertz CT molecular complexity index is 203. The SMILES string of the molecule is [Cl-].[NH3+]Cc1cccc(F)c1. The van der Waals surface area contributed by atoms with Gasteiger partial charge in [0, 0.05) is 5.56 Å². The number of benzene rings is 1. The smallest absolute Gasteiger partial charge is 0.123 e. The van der Waals surface area contributed by atoms with E-state index in [9.17, 15) is 4.39 Å². The second-order valence-corrected chi connectivity index (χ2v) is 1.88. The summed E-state index contributed by atoms with van der Waals surface area (Å²) >= 11 is 0. The maximum absolute atomic E-state index is 12.3. The van der Waals surface area contributed by atoms with E-state index in [1.807, 2.05) is 6.07 Å². The van der Waals surface area contributed by atoms with Crippen molar-refractivity contribution in [3.05, 3.63) is 35.6 Å². The van der Waals surface area contributed by atoms with Crippen molar-refractivity contribution in [1.29, 1.82) is 0 Å². The van der Waals surface area contributed by atoms with E-state index in [0.29, 0.717) is 6.54 Å². The van der Waals surface area contributed by atoms with Crippen LogP contribution in [0.2, 0.25) is 0 Å². The number of hydrogen-bond acceptors (Lipinski definition) is 0. The van der Waals surface area contributed by atoms with E-state index >= 15 is 0 Å². The minimum atomic E-state index is -0.184. The predicted octanol–water partition coefficient (Wildman–Crippen LogP) is -2.43. The zero-order valence-corrected chi connectivity index (χ0v) is 6.24. The normalized spacial score (nSPS) is 8.60. The molecular formula is C7H9ClFN. The Kier molecular flexibility index (Phi) is 4.00. The molecular weight excluding hydrogens is 153 g/mol. The van der Waals surface area contributed by atoms with Gasteiger partial charge in [0.05, 0.1) is 6.54 Å². The fourth-order valence-electron chi connectivity index (χ4n) is 0.692. The van der Waals surface area contributed by atoms with Crippen molar-refractivity contribution < 1.29 is 22.5 Å². The Morgan fingerprint density at radius 2 is 2.10 bits per heavy atom. The quantitative estimate of drug-likeness (QED) is 0.475. The molecule has 0 bridgehead atoms. The van der Waals surface area contributed by atoms with E-state index in [1.54, 1.807) is 6.07 Å². The molecule has 0 aliphatic carbocycles. The van der Waals surface area contributed by atoms with Gasteiger partial charge in [0.2, 0.25) is 0 Å². The van der Waals surface area contributed by atoms with E-state index in [4.69, 9.17) is 0 Å². The third kappa shape index (κ3) is 2.33. The molecule has 0 saturated carbocycles. The first-order valence-electron chi connectivity index (χ1n) is 2.86. The highest BCUT2D eigenvalue weighted by Gasteiger charge is 1.91. The Morgan fingerprint density at radius 3 is 2.50 bits per heavy atom. The zero-order chi connectivity index (χ0) is 6.69. The van der Waals surface area contributed by atoms with Crippen molar-refractivity contribution in [3.8, 4) is 0 Å². The van der Waals surface area contributed by atoms with E-state index in [-0.39, 0.29) is 18.2 Å². The fourth-order valence-corrected chi connectivity index (χ4v) is 0.692. The van der Waals surface area contributed by atoms with Crippen LogP contribution in [0.5, 0.6) is 0 Å².